The second kappa shape index (κ2) is 6.19. The fourth-order valence-electron chi connectivity index (χ4n) is 1.20. The summed E-state index contributed by atoms with van der Waals surface area (Å²) in [7, 11) is 0. The Bertz CT molecular complexity index is 368. The Kier molecular flexibility index (Phi) is 4.83. The molecule has 0 aliphatic carbocycles. The van der Waals surface area contributed by atoms with Gasteiger partial charge in [0.25, 0.3) is 0 Å². The lowest BCUT2D eigenvalue weighted by Crippen LogP contribution is -1.77. The molecule has 0 bridgehead atoms. The van der Waals surface area contributed by atoms with Gasteiger partial charge in [0, 0.05) is 6.21 Å². The molecule has 2 aromatic rings. The first kappa shape index (κ1) is 11.7. The zero-order valence-corrected chi connectivity index (χ0v) is 7.80. The van der Waals surface area contributed by atoms with Gasteiger partial charge in [-0.25, -0.2) is 0 Å². The van der Waals surface area contributed by atoms with Crippen LogP contribution in [0.4, 0.5) is 5.69 Å². The van der Waals surface area contributed by atoms with Gasteiger partial charge >= 0.3 is 0 Å². The summed E-state index contributed by atoms with van der Waals surface area (Å²) in [6.45, 7) is 0. The van der Waals surface area contributed by atoms with E-state index in [9.17, 15) is 0 Å². The fraction of sp³-hybridized carbons (Fsp3) is 0. The van der Waals surface area contributed by atoms with Crippen molar-refractivity contribution >= 4 is 29.3 Å². The highest BCUT2D eigenvalue weighted by molar-refractivity contribution is 5.81. The average molecular weight is 211 g/mol. The average Bonchev–Trinajstić information content (AvgIpc) is 2.29. The number of nitrogens with zero attached hydrogens (tertiary/aromatic N) is 1. The third kappa shape index (κ3) is 3.71. The quantitative estimate of drug-likeness (QED) is 0.533. The number of hydrogen-bond acceptors (Lipinski definition) is 1. The molecule has 0 heterocycles. The highest BCUT2D eigenvalue weighted by atomic mass is 27.0. The molecule has 1 nitrogen and oxygen atoms in total. The summed E-state index contributed by atoms with van der Waals surface area (Å²) in [6, 6.07) is 20.0. The van der Waals surface area contributed by atoms with Crippen LogP contribution in [0.3, 0.4) is 0 Å². The van der Waals surface area contributed by atoms with E-state index < -0.39 is 0 Å². The van der Waals surface area contributed by atoms with Crippen molar-refractivity contribution in [1.82, 2.24) is 0 Å². The molecule has 2 heteroatoms. The van der Waals surface area contributed by atoms with Gasteiger partial charge in [-0.1, -0.05) is 48.5 Å². The van der Waals surface area contributed by atoms with Crippen LogP contribution in [0.5, 0.6) is 0 Å². The topological polar surface area (TPSA) is 12.4 Å². The maximum atomic E-state index is 4.35. The lowest BCUT2D eigenvalue weighted by atomic mass is 10.2. The van der Waals surface area contributed by atoms with Gasteiger partial charge in [0.05, 0.1) is 5.69 Å². The molecule has 0 unspecified atom stereocenters. The van der Waals surface area contributed by atoms with E-state index >= 15 is 0 Å². The SMILES string of the molecule is C(=Nc1ccccc1)c1ccccc1.[AlH3]. The molecule has 0 N–H and O–H groups in total. The van der Waals surface area contributed by atoms with Crippen molar-refractivity contribution in [2.24, 2.45) is 4.99 Å². The molecule has 74 valence electrons. The molecule has 0 aliphatic heterocycles. The second-order valence-electron chi connectivity index (χ2n) is 3.00. The number of para-hydroxylation sites is 1. The Morgan fingerprint density at radius 1 is 0.733 bits per heavy atom. The van der Waals surface area contributed by atoms with Gasteiger partial charge < -0.3 is 0 Å². The van der Waals surface area contributed by atoms with Crippen LogP contribution in [-0.4, -0.2) is 23.6 Å². The third-order valence-electron chi connectivity index (χ3n) is 1.92. The smallest absolute Gasteiger partial charge is 0.187 e. The number of hydrogen-bond donors (Lipinski definition) is 0. The molecular weight excluding hydrogens is 197 g/mol. The molecule has 0 spiro atoms. The molecule has 0 saturated heterocycles. The van der Waals surface area contributed by atoms with Crippen LogP contribution < -0.4 is 0 Å². The van der Waals surface area contributed by atoms with Crippen LogP contribution in [0.15, 0.2) is 65.7 Å². The molecule has 0 aliphatic rings. The highest BCUT2D eigenvalue weighted by Gasteiger charge is 1.85. The predicted octanol–water partition coefficient (Wildman–Crippen LogP) is 2.25. The molecule has 0 atom stereocenters. The maximum Gasteiger partial charge on any atom is 0.187 e. The first-order chi connectivity index (χ1) is 6.95. The Morgan fingerprint density at radius 2 is 1.27 bits per heavy atom. The van der Waals surface area contributed by atoms with E-state index in [4.69, 9.17) is 0 Å². The summed E-state index contributed by atoms with van der Waals surface area (Å²) in [4.78, 5) is 4.35. The normalized spacial score (nSPS) is 9.87. The summed E-state index contributed by atoms with van der Waals surface area (Å²) >= 11 is 0. The number of benzene rings is 2. The molecule has 0 aromatic heterocycles. The van der Waals surface area contributed by atoms with Gasteiger partial charge in [-0.05, 0) is 17.7 Å². The van der Waals surface area contributed by atoms with E-state index in [2.05, 4.69) is 4.99 Å². The van der Waals surface area contributed by atoms with E-state index in [1.165, 1.54) is 0 Å². The highest BCUT2D eigenvalue weighted by Crippen LogP contribution is 2.09. The molecular formula is C13H14AlN. The third-order valence-corrected chi connectivity index (χ3v) is 1.92. The van der Waals surface area contributed by atoms with Gasteiger partial charge in [0.2, 0.25) is 0 Å². The van der Waals surface area contributed by atoms with Crippen molar-refractivity contribution in [2.75, 3.05) is 0 Å². The molecule has 2 aromatic carbocycles. The Labute approximate surface area is 101 Å². The zero-order chi connectivity index (χ0) is 9.64. The first-order valence-corrected chi connectivity index (χ1v) is 4.59. The molecule has 0 amide bonds. The van der Waals surface area contributed by atoms with Crippen molar-refractivity contribution in [3.8, 4) is 0 Å². The monoisotopic (exact) mass is 211 g/mol. The van der Waals surface area contributed by atoms with Crippen LogP contribution >= 0.6 is 0 Å². The van der Waals surface area contributed by atoms with E-state index in [-0.39, 0.29) is 17.4 Å². The van der Waals surface area contributed by atoms with Gasteiger partial charge in [-0.2, -0.15) is 0 Å². The van der Waals surface area contributed by atoms with Gasteiger partial charge in [-0.15, -0.1) is 0 Å². The largest absolute Gasteiger partial charge is 0.256 e. The van der Waals surface area contributed by atoms with Gasteiger partial charge in [0.15, 0.2) is 17.4 Å². The summed E-state index contributed by atoms with van der Waals surface area (Å²) in [5, 5.41) is 0. The minimum absolute atomic E-state index is 0. The van der Waals surface area contributed by atoms with Gasteiger partial charge in [-0.3, -0.25) is 4.99 Å². The van der Waals surface area contributed by atoms with Crippen LogP contribution in [0.2, 0.25) is 0 Å². The molecule has 0 saturated carbocycles. The lowest BCUT2D eigenvalue weighted by molar-refractivity contribution is 1.53. The van der Waals surface area contributed by atoms with Crippen LogP contribution in [-0.2, 0) is 0 Å². The van der Waals surface area contributed by atoms with E-state index in [1.807, 2.05) is 66.9 Å². The molecule has 0 radical (unpaired) electrons. The van der Waals surface area contributed by atoms with E-state index in [0.29, 0.717) is 0 Å². The molecule has 15 heavy (non-hydrogen) atoms. The minimum Gasteiger partial charge on any atom is -0.256 e. The van der Waals surface area contributed by atoms with Crippen molar-refractivity contribution in [3.63, 3.8) is 0 Å². The number of aliphatic imine (C=N–C) groups is 1. The number of rotatable bonds is 2. The summed E-state index contributed by atoms with van der Waals surface area (Å²) in [6.07, 6.45) is 1.87. The van der Waals surface area contributed by atoms with Crippen LogP contribution in [0.1, 0.15) is 5.56 Å². The molecule has 0 fully saturated rings. The predicted molar refractivity (Wildman–Crippen MR) is 70.1 cm³/mol. The summed E-state index contributed by atoms with van der Waals surface area (Å²) in [5.74, 6) is 0. The van der Waals surface area contributed by atoms with Gasteiger partial charge in [0.1, 0.15) is 0 Å². The van der Waals surface area contributed by atoms with E-state index in [1.54, 1.807) is 0 Å². The van der Waals surface area contributed by atoms with E-state index in [0.717, 1.165) is 11.3 Å². The Hall–Kier alpha value is -1.36. The Morgan fingerprint density at radius 3 is 1.87 bits per heavy atom. The summed E-state index contributed by atoms with van der Waals surface area (Å²) < 4.78 is 0. The lowest BCUT2D eigenvalue weighted by Gasteiger charge is -1.92. The molecule has 2 rings (SSSR count). The second-order valence-corrected chi connectivity index (χ2v) is 3.00. The summed E-state index contributed by atoms with van der Waals surface area (Å²) in [5.41, 5.74) is 2.10. The Balaban J connectivity index is 0.00000112. The van der Waals surface area contributed by atoms with Crippen LogP contribution in [0, 0.1) is 0 Å². The van der Waals surface area contributed by atoms with Crippen LogP contribution in [0.25, 0.3) is 0 Å². The van der Waals surface area contributed by atoms with Crippen molar-refractivity contribution in [2.45, 2.75) is 0 Å². The standard InChI is InChI=1S/C13H11N.Al.3H/c1-3-7-12(8-4-1)11-14-13-9-5-2-6-10-13;;;;/h1-11H;;;;. The maximum absolute atomic E-state index is 4.35. The van der Waals surface area contributed by atoms with Crippen molar-refractivity contribution in [1.29, 1.82) is 0 Å². The van der Waals surface area contributed by atoms with Crippen molar-refractivity contribution < 1.29 is 0 Å². The zero-order valence-electron chi connectivity index (χ0n) is 7.80. The van der Waals surface area contributed by atoms with Crippen molar-refractivity contribution in [3.05, 3.63) is 66.2 Å². The fourth-order valence-corrected chi connectivity index (χ4v) is 1.20. The first-order valence-electron chi connectivity index (χ1n) is 4.59. The minimum atomic E-state index is 0.